The highest BCUT2D eigenvalue weighted by Gasteiger charge is 2.18. The van der Waals surface area contributed by atoms with Gasteiger partial charge in [0.25, 0.3) is 0 Å². The normalized spacial score (nSPS) is 17.1. The number of esters is 2. The van der Waals surface area contributed by atoms with Crippen LogP contribution in [-0.4, -0.2) is 37.7 Å². The van der Waals surface area contributed by atoms with E-state index in [9.17, 15) is 9.59 Å². The Morgan fingerprint density at radius 2 is 1.34 bits per heavy atom. The van der Waals surface area contributed by atoms with Crippen LogP contribution in [0.2, 0.25) is 0 Å². The maximum absolute atomic E-state index is 11.9. The van der Waals surface area contributed by atoms with E-state index in [0.717, 1.165) is 17.9 Å². The maximum atomic E-state index is 11.9. The second kappa shape index (κ2) is 10.9. The topological polar surface area (TPSA) is 59.1 Å². The van der Waals surface area contributed by atoms with Gasteiger partial charge in [0, 0.05) is 36.4 Å². The lowest BCUT2D eigenvalue weighted by Crippen LogP contribution is -2.29. The van der Waals surface area contributed by atoms with Gasteiger partial charge in [-0.1, -0.05) is 12.2 Å². The lowest BCUT2D eigenvalue weighted by Gasteiger charge is -2.30. The average Bonchev–Trinajstić information content (AvgIpc) is 2.89. The summed E-state index contributed by atoms with van der Waals surface area (Å²) in [4.78, 5) is 28.1. The summed E-state index contributed by atoms with van der Waals surface area (Å²) in [6.45, 7) is 7.22. The number of anilines is 2. The maximum Gasteiger partial charge on any atom is 0.338 e. The van der Waals surface area contributed by atoms with Gasteiger partial charge in [-0.25, -0.2) is 9.59 Å². The van der Waals surface area contributed by atoms with Gasteiger partial charge in [-0.3, -0.25) is 0 Å². The first-order valence-electron chi connectivity index (χ1n) is 11.9. The number of hydrogen-bond donors (Lipinski definition) is 0. The fraction of sp³-hybridized carbons (Fsp3) is 0.241. The molecule has 0 radical (unpaired) electrons. The van der Waals surface area contributed by atoms with Gasteiger partial charge >= 0.3 is 11.9 Å². The first kappa shape index (κ1) is 24.1. The number of rotatable bonds is 7. The van der Waals surface area contributed by atoms with E-state index in [-0.39, 0.29) is 18.0 Å². The molecule has 0 fully saturated rings. The van der Waals surface area contributed by atoms with Crippen molar-refractivity contribution >= 4 is 23.3 Å². The Morgan fingerprint density at radius 3 is 1.83 bits per heavy atom. The minimum atomic E-state index is -0.302. The Labute approximate surface area is 206 Å². The summed E-state index contributed by atoms with van der Waals surface area (Å²) in [6.07, 6.45) is 12.8. The third-order valence-corrected chi connectivity index (χ3v) is 5.94. The molecule has 6 heteroatoms. The molecule has 0 aliphatic carbocycles. The average molecular weight is 471 g/mol. The van der Waals surface area contributed by atoms with Crippen LogP contribution in [0.5, 0.6) is 0 Å². The van der Waals surface area contributed by atoms with E-state index in [1.807, 2.05) is 24.3 Å². The van der Waals surface area contributed by atoms with Gasteiger partial charge in [0.05, 0.1) is 24.3 Å². The molecule has 0 aromatic heterocycles. The molecule has 2 heterocycles. The molecule has 0 spiro atoms. The number of allylic oxidation sites excluding steroid dienone is 4. The molecule has 0 N–H and O–H groups in total. The molecule has 0 saturated heterocycles. The molecular formula is C29H30N2O4. The minimum absolute atomic E-state index is 0.159. The first-order chi connectivity index (χ1) is 17.0. The van der Waals surface area contributed by atoms with Gasteiger partial charge in [0.2, 0.25) is 0 Å². The molecule has 4 rings (SSSR count). The van der Waals surface area contributed by atoms with E-state index in [1.165, 1.54) is 11.1 Å². The summed E-state index contributed by atoms with van der Waals surface area (Å²) < 4.78 is 10.1. The van der Waals surface area contributed by atoms with Crippen LogP contribution in [-0.2, 0) is 9.47 Å². The minimum Gasteiger partial charge on any atom is -0.462 e. The van der Waals surface area contributed by atoms with Crippen molar-refractivity contribution in [3.63, 3.8) is 0 Å². The van der Waals surface area contributed by atoms with Crippen molar-refractivity contribution < 1.29 is 19.1 Å². The summed E-state index contributed by atoms with van der Waals surface area (Å²) in [5.41, 5.74) is 5.49. The molecule has 2 aromatic carbocycles. The summed E-state index contributed by atoms with van der Waals surface area (Å²) >= 11 is 0. The van der Waals surface area contributed by atoms with Gasteiger partial charge in [-0.05, 0) is 92.6 Å². The van der Waals surface area contributed by atoms with Crippen LogP contribution in [0.25, 0.3) is 0 Å². The van der Waals surface area contributed by atoms with E-state index in [0.29, 0.717) is 24.3 Å². The van der Waals surface area contributed by atoms with Crippen molar-refractivity contribution in [2.75, 3.05) is 29.6 Å². The Morgan fingerprint density at radius 1 is 0.800 bits per heavy atom. The van der Waals surface area contributed by atoms with Crippen LogP contribution in [0.3, 0.4) is 0 Å². The third kappa shape index (κ3) is 5.54. The quantitative estimate of drug-likeness (QED) is 0.488. The summed E-state index contributed by atoms with van der Waals surface area (Å²) in [5.74, 6) is -0.604. The van der Waals surface area contributed by atoms with Gasteiger partial charge in [-0.2, -0.15) is 0 Å². The Hall–Kier alpha value is -4.06. The summed E-state index contributed by atoms with van der Waals surface area (Å²) in [6, 6.07) is 15.1. The molecule has 0 saturated carbocycles. The Kier molecular flexibility index (Phi) is 7.51. The van der Waals surface area contributed by atoms with Crippen molar-refractivity contribution in [3.8, 4) is 0 Å². The first-order valence-corrected chi connectivity index (χ1v) is 11.9. The highest BCUT2D eigenvalue weighted by Crippen LogP contribution is 2.28. The van der Waals surface area contributed by atoms with Gasteiger partial charge in [0.1, 0.15) is 0 Å². The number of nitrogens with zero attached hydrogens (tertiary/aromatic N) is 2. The van der Waals surface area contributed by atoms with Crippen molar-refractivity contribution in [1.29, 1.82) is 0 Å². The van der Waals surface area contributed by atoms with Crippen molar-refractivity contribution in [2.24, 2.45) is 0 Å². The molecule has 2 aliphatic heterocycles. The molecule has 2 aliphatic rings. The molecule has 180 valence electrons. The lowest BCUT2D eigenvalue weighted by atomic mass is 9.98. The second-order valence-corrected chi connectivity index (χ2v) is 8.25. The molecular weight excluding hydrogens is 440 g/mol. The lowest BCUT2D eigenvalue weighted by molar-refractivity contribution is 0.0517. The van der Waals surface area contributed by atoms with Gasteiger partial charge in [0.15, 0.2) is 0 Å². The van der Waals surface area contributed by atoms with E-state index in [1.54, 1.807) is 38.1 Å². The fourth-order valence-corrected chi connectivity index (χ4v) is 4.09. The number of carbonyl (C=O) groups excluding carboxylic acids is 2. The van der Waals surface area contributed by atoms with Crippen LogP contribution in [0.15, 0.2) is 96.4 Å². The highest BCUT2D eigenvalue weighted by atomic mass is 16.5. The highest BCUT2D eigenvalue weighted by molar-refractivity contribution is 5.90. The smallest absolute Gasteiger partial charge is 0.338 e. The van der Waals surface area contributed by atoms with Gasteiger partial charge in [-0.15, -0.1) is 0 Å². The van der Waals surface area contributed by atoms with Crippen LogP contribution >= 0.6 is 0 Å². The van der Waals surface area contributed by atoms with E-state index >= 15 is 0 Å². The standard InChI is InChI=1S/C29H30N2O4/c1-4-34-28(32)23-6-10-26(11-7-23)30-17-14-22(15-18-30)25-16-19-31(21(3)20-25)27-12-8-24(9-13-27)29(33)35-5-2/h6-17,19-21H,4-5,18H2,1-3H3. The molecule has 0 amide bonds. The molecule has 1 unspecified atom stereocenters. The number of benzene rings is 2. The SMILES string of the molecule is CCOC(=O)c1ccc(N2C=CC(C3=CC(C)N(c4ccc(C(=O)OCC)cc4)C=C3)=CC2)cc1. The van der Waals surface area contributed by atoms with E-state index < -0.39 is 0 Å². The van der Waals surface area contributed by atoms with Crippen molar-refractivity contribution in [2.45, 2.75) is 26.8 Å². The van der Waals surface area contributed by atoms with E-state index in [4.69, 9.17) is 9.47 Å². The van der Waals surface area contributed by atoms with E-state index in [2.05, 4.69) is 53.4 Å². The predicted octanol–water partition coefficient (Wildman–Crippen LogP) is 5.65. The molecule has 2 aromatic rings. The zero-order chi connectivity index (χ0) is 24.8. The largest absolute Gasteiger partial charge is 0.462 e. The zero-order valence-electron chi connectivity index (χ0n) is 20.3. The number of ether oxygens (including phenoxy) is 2. The Balaban J connectivity index is 1.39. The summed E-state index contributed by atoms with van der Waals surface area (Å²) in [5, 5.41) is 0. The van der Waals surface area contributed by atoms with Crippen LogP contribution in [0.4, 0.5) is 11.4 Å². The van der Waals surface area contributed by atoms with Crippen LogP contribution in [0, 0.1) is 0 Å². The molecule has 0 bridgehead atoms. The fourth-order valence-electron chi connectivity index (χ4n) is 4.09. The molecule has 35 heavy (non-hydrogen) atoms. The van der Waals surface area contributed by atoms with Crippen molar-refractivity contribution in [1.82, 2.24) is 0 Å². The predicted molar refractivity (Wildman–Crippen MR) is 139 cm³/mol. The number of hydrogen-bond acceptors (Lipinski definition) is 6. The van der Waals surface area contributed by atoms with Crippen LogP contribution in [0.1, 0.15) is 41.5 Å². The van der Waals surface area contributed by atoms with Crippen LogP contribution < -0.4 is 9.80 Å². The Bertz CT molecular complexity index is 1190. The third-order valence-electron chi connectivity index (χ3n) is 5.94. The monoisotopic (exact) mass is 470 g/mol. The second-order valence-electron chi connectivity index (χ2n) is 8.25. The zero-order valence-corrected chi connectivity index (χ0v) is 20.3. The van der Waals surface area contributed by atoms with Gasteiger partial charge < -0.3 is 19.3 Å². The molecule has 1 atom stereocenters. The van der Waals surface area contributed by atoms with Crippen molar-refractivity contribution in [3.05, 3.63) is 108 Å². The number of carbonyl (C=O) groups is 2. The summed E-state index contributed by atoms with van der Waals surface area (Å²) in [7, 11) is 0. The molecule has 6 nitrogen and oxygen atoms in total.